The van der Waals surface area contributed by atoms with E-state index in [9.17, 15) is 5.11 Å². The molecule has 3 nitrogen and oxygen atoms in total. The van der Waals surface area contributed by atoms with Crippen LogP contribution < -0.4 is 0 Å². The maximum absolute atomic E-state index is 10.3. The molecule has 0 saturated carbocycles. The summed E-state index contributed by atoms with van der Waals surface area (Å²) in [5, 5.41) is 10.3. The van der Waals surface area contributed by atoms with E-state index in [2.05, 4.69) is 4.90 Å². The van der Waals surface area contributed by atoms with Crippen molar-refractivity contribution in [3.8, 4) is 0 Å². The number of fused-ring (bicyclic) bond motifs is 1. The summed E-state index contributed by atoms with van der Waals surface area (Å²) >= 11 is 0. The highest BCUT2D eigenvalue weighted by atomic mass is 16.6. The van der Waals surface area contributed by atoms with E-state index >= 15 is 0 Å². The molecule has 0 spiro atoms. The topological polar surface area (TPSA) is 32.7 Å². The van der Waals surface area contributed by atoms with E-state index in [0.717, 1.165) is 11.1 Å². The molecule has 0 aromatic heterocycles. The van der Waals surface area contributed by atoms with Crippen LogP contribution in [-0.2, 0) is 4.74 Å². The zero-order chi connectivity index (χ0) is 14.7. The molecule has 0 radical (unpaired) electrons. The number of aliphatic hydroxyl groups is 1. The second-order valence-electron chi connectivity index (χ2n) is 6.54. The molecule has 3 atom stereocenters. The maximum Gasteiger partial charge on any atom is 0.181 e. The van der Waals surface area contributed by atoms with Gasteiger partial charge in [0.2, 0.25) is 0 Å². The van der Waals surface area contributed by atoms with E-state index in [1.807, 2.05) is 31.2 Å². The van der Waals surface area contributed by atoms with E-state index in [1.165, 1.54) is 45.2 Å². The van der Waals surface area contributed by atoms with Crippen LogP contribution in [0.1, 0.15) is 49.5 Å². The van der Waals surface area contributed by atoms with Crippen LogP contribution in [0.2, 0.25) is 0 Å². The molecule has 2 heterocycles. The minimum absolute atomic E-state index is 0.581. The first kappa shape index (κ1) is 15.0. The van der Waals surface area contributed by atoms with E-state index in [1.54, 1.807) is 0 Å². The van der Waals surface area contributed by atoms with Crippen molar-refractivity contribution in [2.45, 2.75) is 51.4 Å². The van der Waals surface area contributed by atoms with E-state index < -0.39 is 6.29 Å². The molecule has 0 aliphatic carbocycles. The summed E-state index contributed by atoms with van der Waals surface area (Å²) in [6, 6.07) is 8.60. The largest absolute Gasteiger partial charge is 0.364 e. The molecule has 1 aromatic carbocycles. The highest BCUT2D eigenvalue weighted by molar-refractivity contribution is 5.26. The molecule has 1 N–H and O–H groups in total. The summed E-state index contributed by atoms with van der Waals surface area (Å²) in [6.45, 7) is 5.20. The fraction of sp³-hybridized carbons (Fsp3) is 0.667. The van der Waals surface area contributed by atoms with Gasteiger partial charge in [0.1, 0.15) is 0 Å². The number of hydrogen-bond acceptors (Lipinski definition) is 3. The fourth-order valence-corrected chi connectivity index (χ4v) is 3.94. The zero-order valence-electron chi connectivity index (χ0n) is 13.0. The van der Waals surface area contributed by atoms with Crippen LogP contribution in [0, 0.1) is 12.8 Å². The first-order valence-electron chi connectivity index (χ1n) is 8.35. The molecule has 21 heavy (non-hydrogen) atoms. The SMILES string of the molecule is Cc1ccccc1C(O)OCC1CCCN2CCCCC12. The molecule has 116 valence electrons. The molecule has 3 rings (SSSR count). The standard InChI is InChI=1S/C18H27NO2/c1-14-7-2-3-9-16(14)18(20)21-13-15-8-6-12-19-11-5-4-10-17(15)19/h2-3,7,9,15,17-18,20H,4-6,8,10-13H2,1H3. The predicted octanol–water partition coefficient (Wildman–Crippen LogP) is 3.27. The number of aliphatic hydroxyl groups excluding tert-OH is 1. The van der Waals surface area contributed by atoms with E-state index in [0.29, 0.717) is 18.6 Å². The Morgan fingerprint density at radius 2 is 2.00 bits per heavy atom. The van der Waals surface area contributed by atoms with E-state index in [-0.39, 0.29) is 0 Å². The minimum Gasteiger partial charge on any atom is -0.364 e. The Morgan fingerprint density at radius 3 is 2.86 bits per heavy atom. The van der Waals surface area contributed by atoms with Gasteiger partial charge in [-0.15, -0.1) is 0 Å². The third-order valence-corrected chi connectivity index (χ3v) is 5.15. The van der Waals surface area contributed by atoms with Crippen LogP contribution in [0.4, 0.5) is 0 Å². The van der Waals surface area contributed by atoms with Gasteiger partial charge in [0.05, 0.1) is 6.61 Å². The quantitative estimate of drug-likeness (QED) is 0.864. The monoisotopic (exact) mass is 289 g/mol. The van der Waals surface area contributed by atoms with Gasteiger partial charge in [-0.3, -0.25) is 0 Å². The molecule has 2 fully saturated rings. The zero-order valence-corrected chi connectivity index (χ0v) is 13.0. The van der Waals surface area contributed by atoms with Gasteiger partial charge in [0.15, 0.2) is 6.29 Å². The van der Waals surface area contributed by atoms with Crippen LogP contribution >= 0.6 is 0 Å². The molecule has 1 aromatic rings. The van der Waals surface area contributed by atoms with Crippen LogP contribution in [0.25, 0.3) is 0 Å². The average Bonchev–Trinajstić information content (AvgIpc) is 2.53. The Morgan fingerprint density at radius 1 is 1.19 bits per heavy atom. The highest BCUT2D eigenvalue weighted by Crippen LogP contribution is 2.32. The predicted molar refractivity (Wildman–Crippen MR) is 84.0 cm³/mol. The first-order valence-corrected chi connectivity index (χ1v) is 8.35. The van der Waals surface area contributed by atoms with Gasteiger partial charge >= 0.3 is 0 Å². The minimum atomic E-state index is -0.787. The van der Waals surface area contributed by atoms with Crippen LogP contribution in [0.5, 0.6) is 0 Å². The number of rotatable bonds is 4. The van der Waals surface area contributed by atoms with Crippen molar-refractivity contribution >= 4 is 0 Å². The van der Waals surface area contributed by atoms with Gasteiger partial charge in [0, 0.05) is 11.6 Å². The lowest BCUT2D eigenvalue weighted by Crippen LogP contribution is -2.49. The van der Waals surface area contributed by atoms with Crippen molar-refractivity contribution < 1.29 is 9.84 Å². The Hall–Kier alpha value is -0.900. The van der Waals surface area contributed by atoms with Gasteiger partial charge in [-0.1, -0.05) is 30.7 Å². The lowest BCUT2D eigenvalue weighted by Gasteiger charge is -2.44. The lowest BCUT2D eigenvalue weighted by atomic mass is 9.84. The molecule has 3 unspecified atom stereocenters. The summed E-state index contributed by atoms with van der Waals surface area (Å²) in [5.74, 6) is 0.581. The second kappa shape index (κ2) is 6.91. The number of nitrogens with zero attached hydrogens (tertiary/aromatic N) is 1. The van der Waals surface area contributed by atoms with Gasteiger partial charge in [-0.25, -0.2) is 0 Å². The molecule has 0 amide bonds. The summed E-state index contributed by atoms with van der Waals surface area (Å²) in [5.41, 5.74) is 1.99. The summed E-state index contributed by atoms with van der Waals surface area (Å²) < 4.78 is 5.83. The van der Waals surface area contributed by atoms with Crippen LogP contribution in [-0.4, -0.2) is 35.7 Å². The fourth-order valence-electron chi connectivity index (χ4n) is 3.94. The number of hydrogen-bond donors (Lipinski definition) is 1. The Labute approximate surface area is 127 Å². The normalized spacial score (nSPS) is 28.1. The third kappa shape index (κ3) is 3.47. The number of aryl methyl sites for hydroxylation is 1. The number of piperidine rings is 2. The van der Waals surface area contributed by atoms with Gasteiger partial charge in [-0.2, -0.15) is 0 Å². The van der Waals surface area contributed by atoms with Crippen molar-refractivity contribution in [3.05, 3.63) is 35.4 Å². The molecule has 2 aliphatic rings. The molecule has 2 saturated heterocycles. The molecular formula is C18H27NO2. The lowest BCUT2D eigenvalue weighted by molar-refractivity contribution is -0.126. The average molecular weight is 289 g/mol. The third-order valence-electron chi connectivity index (χ3n) is 5.15. The Balaban J connectivity index is 1.58. The van der Waals surface area contributed by atoms with Crippen molar-refractivity contribution in [2.75, 3.05) is 19.7 Å². The molecular weight excluding hydrogens is 262 g/mol. The number of ether oxygens (including phenoxy) is 1. The van der Waals surface area contributed by atoms with Gasteiger partial charge in [-0.05, 0) is 57.2 Å². The summed E-state index contributed by atoms with van der Waals surface area (Å²) in [7, 11) is 0. The van der Waals surface area contributed by atoms with E-state index in [4.69, 9.17) is 4.74 Å². The van der Waals surface area contributed by atoms with Crippen LogP contribution in [0.3, 0.4) is 0 Å². The summed E-state index contributed by atoms with van der Waals surface area (Å²) in [6.07, 6.45) is 5.71. The van der Waals surface area contributed by atoms with Crippen LogP contribution in [0.15, 0.2) is 24.3 Å². The summed E-state index contributed by atoms with van der Waals surface area (Å²) in [4.78, 5) is 2.64. The van der Waals surface area contributed by atoms with Crippen molar-refractivity contribution in [1.82, 2.24) is 4.90 Å². The van der Waals surface area contributed by atoms with Crippen molar-refractivity contribution in [3.63, 3.8) is 0 Å². The smallest absolute Gasteiger partial charge is 0.181 e. The molecule has 3 heteroatoms. The Kier molecular flexibility index (Phi) is 4.94. The van der Waals surface area contributed by atoms with Gasteiger partial charge < -0.3 is 14.7 Å². The highest BCUT2D eigenvalue weighted by Gasteiger charge is 2.33. The van der Waals surface area contributed by atoms with Gasteiger partial charge in [0.25, 0.3) is 0 Å². The van der Waals surface area contributed by atoms with Crippen molar-refractivity contribution in [1.29, 1.82) is 0 Å². The molecule has 2 aliphatic heterocycles. The Bertz CT molecular complexity index is 460. The van der Waals surface area contributed by atoms with Crippen molar-refractivity contribution in [2.24, 2.45) is 5.92 Å². The maximum atomic E-state index is 10.3. The number of benzene rings is 1. The second-order valence-corrected chi connectivity index (χ2v) is 6.54. The first-order chi connectivity index (χ1) is 10.3. The molecule has 0 bridgehead atoms.